The fourth-order valence-corrected chi connectivity index (χ4v) is 2.20. The average Bonchev–Trinajstić information content (AvgIpc) is 2.28. The summed E-state index contributed by atoms with van der Waals surface area (Å²) in [6.07, 6.45) is 0. The highest BCUT2D eigenvalue weighted by atomic mass is 35.5. The number of hydrogen-bond donors (Lipinski definition) is 1. The molecule has 1 N–H and O–H groups in total. The zero-order valence-electron chi connectivity index (χ0n) is 9.75. The molecule has 1 atom stereocenters. The van der Waals surface area contributed by atoms with Gasteiger partial charge >= 0.3 is 0 Å². The van der Waals surface area contributed by atoms with Crippen molar-refractivity contribution in [3.05, 3.63) is 34.6 Å². The summed E-state index contributed by atoms with van der Waals surface area (Å²) in [7, 11) is 0. The van der Waals surface area contributed by atoms with E-state index in [-0.39, 0.29) is 23.2 Å². The van der Waals surface area contributed by atoms with Crippen LogP contribution >= 0.6 is 24.0 Å². The Bertz CT molecular complexity index is 374. The number of hydrogen-bond acceptors (Lipinski definition) is 2. The predicted molar refractivity (Wildman–Crippen MR) is 71.4 cm³/mol. The van der Waals surface area contributed by atoms with Crippen LogP contribution in [0.15, 0.2) is 18.2 Å². The molecule has 0 aromatic heterocycles. The lowest BCUT2D eigenvalue weighted by molar-refractivity contribution is 0.164. The minimum absolute atomic E-state index is 0. The Labute approximate surface area is 113 Å². The third kappa shape index (κ3) is 3.55. The van der Waals surface area contributed by atoms with Gasteiger partial charge in [-0.05, 0) is 13.0 Å². The first-order valence-corrected chi connectivity index (χ1v) is 5.94. The van der Waals surface area contributed by atoms with E-state index in [9.17, 15) is 4.39 Å². The quantitative estimate of drug-likeness (QED) is 0.895. The maximum absolute atomic E-state index is 13.7. The van der Waals surface area contributed by atoms with Crippen molar-refractivity contribution < 1.29 is 4.39 Å². The van der Waals surface area contributed by atoms with Crippen LogP contribution in [0.3, 0.4) is 0 Å². The molecular weight excluding hydrogens is 262 g/mol. The SMILES string of the molecule is C[C@@H]1CNCCN1Cc1cccc(Cl)c1F.Cl. The molecule has 0 amide bonds. The fraction of sp³-hybridized carbons (Fsp3) is 0.500. The summed E-state index contributed by atoms with van der Waals surface area (Å²) in [5.74, 6) is -0.283. The molecule has 0 unspecified atom stereocenters. The molecule has 0 bridgehead atoms. The summed E-state index contributed by atoms with van der Waals surface area (Å²) in [4.78, 5) is 2.27. The molecule has 0 spiro atoms. The number of piperazine rings is 1. The van der Waals surface area contributed by atoms with Crippen molar-refractivity contribution in [2.24, 2.45) is 0 Å². The summed E-state index contributed by atoms with van der Waals surface area (Å²) in [6.45, 7) is 5.66. The summed E-state index contributed by atoms with van der Waals surface area (Å²) < 4.78 is 13.7. The molecular formula is C12H17Cl2FN2. The number of nitrogens with zero attached hydrogens (tertiary/aromatic N) is 1. The van der Waals surface area contributed by atoms with Crippen molar-refractivity contribution in [1.29, 1.82) is 0 Å². The van der Waals surface area contributed by atoms with Crippen LogP contribution < -0.4 is 5.32 Å². The maximum atomic E-state index is 13.7. The van der Waals surface area contributed by atoms with Crippen molar-refractivity contribution in [2.75, 3.05) is 19.6 Å². The minimum atomic E-state index is -0.283. The molecule has 17 heavy (non-hydrogen) atoms. The highest BCUT2D eigenvalue weighted by Gasteiger charge is 2.19. The Morgan fingerprint density at radius 3 is 3.00 bits per heavy atom. The number of nitrogens with one attached hydrogen (secondary N) is 1. The molecule has 1 aliphatic heterocycles. The largest absolute Gasteiger partial charge is 0.314 e. The number of benzene rings is 1. The first-order valence-electron chi connectivity index (χ1n) is 5.56. The molecule has 1 aromatic carbocycles. The van der Waals surface area contributed by atoms with E-state index >= 15 is 0 Å². The van der Waals surface area contributed by atoms with Crippen LogP contribution in [0, 0.1) is 5.82 Å². The van der Waals surface area contributed by atoms with Crippen molar-refractivity contribution >= 4 is 24.0 Å². The third-order valence-electron chi connectivity index (χ3n) is 3.04. The van der Waals surface area contributed by atoms with Gasteiger partial charge in [-0.15, -0.1) is 12.4 Å². The smallest absolute Gasteiger partial charge is 0.146 e. The number of halogens is 3. The monoisotopic (exact) mass is 278 g/mol. The lowest BCUT2D eigenvalue weighted by atomic mass is 10.1. The topological polar surface area (TPSA) is 15.3 Å². The highest BCUT2D eigenvalue weighted by molar-refractivity contribution is 6.30. The summed E-state index contributed by atoms with van der Waals surface area (Å²) in [6, 6.07) is 5.62. The second-order valence-electron chi connectivity index (χ2n) is 4.24. The molecule has 1 fully saturated rings. The van der Waals surface area contributed by atoms with Gasteiger partial charge in [0, 0.05) is 37.8 Å². The zero-order chi connectivity index (χ0) is 11.5. The lowest BCUT2D eigenvalue weighted by Gasteiger charge is -2.33. The molecule has 0 radical (unpaired) electrons. The van der Waals surface area contributed by atoms with E-state index in [0.29, 0.717) is 18.2 Å². The predicted octanol–water partition coefficient (Wildman–Crippen LogP) is 2.69. The van der Waals surface area contributed by atoms with Crippen LogP contribution in [0.1, 0.15) is 12.5 Å². The van der Waals surface area contributed by atoms with E-state index in [1.54, 1.807) is 18.2 Å². The van der Waals surface area contributed by atoms with Crippen LogP contribution in [0.2, 0.25) is 5.02 Å². The molecule has 0 saturated carbocycles. The van der Waals surface area contributed by atoms with E-state index in [1.165, 1.54) is 0 Å². The van der Waals surface area contributed by atoms with Gasteiger partial charge in [0.1, 0.15) is 5.82 Å². The zero-order valence-corrected chi connectivity index (χ0v) is 11.3. The second-order valence-corrected chi connectivity index (χ2v) is 4.64. The second kappa shape index (κ2) is 6.55. The number of rotatable bonds is 2. The van der Waals surface area contributed by atoms with Gasteiger partial charge in [-0.3, -0.25) is 4.90 Å². The summed E-state index contributed by atoms with van der Waals surface area (Å²) in [5.41, 5.74) is 0.682. The molecule has 2 rings (SSSR count). The van der Waals surface area contributed by atoms with Gasteiger partial charge in [-0.1, -0.05) is 23.7 Å². The van der Waals surface area contributed by atoms with Crippen LogP contribution in [0.25, 0.3) is 0 Å². The van der Waals surface area contributed by atoms with Gasteiger partial charge in [0.05, 0.1) is 5.02 Å². The van der Waals surface area contributed by atoms with Crippen molar-refractivity contribution in [2.45, 2.75) is 19.5 Å². The molecule has 0 aliphatic carbocycles. The molecule has 1 heterocycles. The van der Waals surface area contributed by atoms with Crippen molar-refractivity contribution in [3.63, 3.8) is 0 Å². The van der Waals surface area contributed by atoms with E-state index < -0.39 is 0 Å². The van der Waals surface area contributed by atoms with E-state index in [2.05, 4.69) is 17.1 Å². The minimum Gasteiger partial charge on any atom is -0.314 e. The summed E-state index contributed by atoms with van der Waals surface area (Å²) >= 11 is 5.76. The van der Waals surface area contributed by atoms with Crippen LogP contribution in [-0.4, -0.2) is 30.6 Å². The Morgan fingerprint density at radius 1 is 1.53 bits per heavy atom. The molecule has 1 aromatic rings. The van der Waals surface area contributed by atoms with Gasteiger partial charge in [0.2, 0.25) is 0 Å². The Hall–Kier alpha value is -0.350. The Morgan fingerprint density at radius 2 is 2.29 bits per heavy atom. The summed E-state index contributed by atoms with van der Waals surface area (Å²) in [5, 5.41) is 3.52. The molecule has 1 saturated heterocycles. The average molecular weight is 279 g/mol. The Balaban J connectivity index is 0.00000144. The first kappa shape index (κ1) is 14.7. The van der Waals surface area contributed by atoms with E-state index in [4.69, 9.17) is 11.6 Å². The highest BCUT2D eigenvalue weighted by Crippen LogP contribution is 2.20. The maximum Gasteiger partial charge on any atom is 0.146 e. The van der Waals surface area contributed by atoms with Crippen LogP contribution in [0.5, 0.6) is 0 Å². The normalized spacial score (nSPS) is 21.0. The first-order chi connectivity index (χ1) is 7.68. The van der Waals surface area contributed by atoms with Crippen molar-refractivity contribution in [1.82, 2.24) is 10.2 Å². The van der Waals surface area contributed by atoms with Crippen LogP contribution in [-0.2, 0) is 6.54 Å². The molecule has 5 heteroatoms. The molecule has 96 valence electrons. The van der Waals surface area contributed by atoms with Gasteiger partial charge in [-0.2, -0.15) is 0 Å². The third-order valence-corrected chi connectivity index (χ3v) is 3.34. The molecule has 2 nitrogen and oxygen atoms in total. The van der Waals surface area contributed by atoms with Gasteiger partial charge < -0.3 is 5.32 Å². The van der Waals surface area contributed by atoms with Gasteiger partial charge in [0.25, 0.3) is 0 Å². The van der Waals surface area contributed by atoms with Crippen molar-refractivity contribution in [3.8, 4) is 0 Å². The lowest BCUT2D eigenvalue weighted by Crippen LogP contribution is -2.49. The van der Waals surface area contributed by atoms with Crippen LogP contribution in [0.4, 0.5) is 4.39 Å². The molecule has 1 aliphatic rings. The van der Waals surface area contributed by atoms with Gasteiger partial charge in [0.15, 0.2) is 0 Å². The van der Waals surface area contributed by atoms with E-state index in [0.717, 1.165) is 19.6 Å². The van der Waals surface area contributed by atoms with E-state index in [1.807, 2.05) is 0 Å². The Kier molecular flexibility index (Phi) is 5.67. The fourth-order valence-electron chi connectivity index (χ4n) is 2.01. The van der Waals surface area contributed by atoms with Gasteiger partial charge in [-0.25, -0.2) is 4.39 Å². The standard InChI is InChI=1S/C12H16ClFN2.ClH/c1-9-7-15-5-6-16(9)8-10-3-2-4-11(13)12(10)14;/h2-4,9,15H,5-8H2,1H3;1H/t9-;/m1./s1.